The fraction of sp³-hybridized carbons (Fsp3) is 0.292. The first kappa shape index (κ1) is 27.1. The number of carbonyl (C=O) groups is 2. The van der Waals surface area contributed by atoms with Crippen molar-refractivity contribution in [3.8, 4) is 5.69 Å². The van der Waals surface area contributed by atoms with E-state index in [0.717, 1.165) is 29.4 Å². The van der Waals surface area contributed by atoms with Crippen molar-refractivity contribution in [2.24, 2.45) is 0 Å². The molecule has 1 aromatic carbocycles. The van der Waals surface area contributed by atoms with Crippen molar-refractivity contribution >= 4 is 46.6 Å². The molecule has 190 valence electrons. The Morgan fingerprint density at radius 1 is 1.11 bits per heavy atom. The van der Waals surface area contributed by atoms with E-state index < -0.39 is 23.0 Å². The van der Waals surface area contributed by atoms with Gasteiger partial charge in [0.2, 0.25) is 0 Å². The van der Waals surface area contributed by atoms with Crippen molar-refractivity contribution in [1.29, 1.82) is 0 Å². The van der Waals surface area contributed by atoms with E-state index in [1.807, 2.05) is 6.92 Å². The lowest BCUT2D eigenvalue weighted by atomic mass is 10.2. The second-order valence-electron chi connectivity index (χ2n) is 7.82. The molecule has 3 rings (SSSR count). The second-order valence-corrected chi connectivity index (χ2v) is 8.63. The number of nitrogens with zero attached hydrogens (tertiary/aromatic N) is 3. The lowest BCUT2D eigenvalue weighted by molar-refractivity contribution is 0.0505. The van der Waals surface area contributed by atoms with Crippen molar-refractivity contribution < 1.29 is 14.3 Å². The van der Waals surface area contributed by atoms with Gasteiger partial charge in [0.1, 0.15) is 17.7 Å². The number of benzene rings is 1. The Labute approximate surface area is 217 Å². The summed E-state index contributed by atoms with van der Waals surface area (Å²) in [6.45, 7) is 5.58. The molecule has 0 spiro atoms. The summed E-state index contributed by atoms with van der Waals surface area (Å²) in [7, 11) is 0. The number of nitrogen functional groups attached to an aromatic ring is 1. The summed E-state index contributed by atoms with van der Waals surface area (Å²) >= 11 is 12.7. The molecule has 1 amide bonds. The molecule has 3 aromatic rings. The summed E-state index contributed by atoms with van der Waals surface area (Å²) in [5.74, 6) is -1.64. The molecule has 0 saturated heterocycles. The van der Waals surface area contributed by atoms with Gasteiger partial charge in [0, 0.05) is 12.7 Å². The molecule has 0 aliphatic carbocycles. The third kappa shape index (κ3) is 6.39. The number of halogens is 2. The Bertz CT molecular complexity index is 1310. The number of pyridine rings is 1. The Morgan fingerprint density at radius 3 is 2.50 bits per heavy atom. The summed E-state index contributed by atoms with van der Waals surface area (Å²) in [5, 5.41) is 5.86. The smallest absolute Gasteiger partial charge is 0.338 e. The van der Waals surface area contributed by atoms with Gasteiger partial charge in [-0.25, -0.2) is 9.78 Å². The number of ether oxygens (including phenoxy) is 1. The van der Waals surface area contributed by atoms with Crippen LogP contribution >= 0.6 is 23.2 Å². The maximum Gasteiger partial charge on any atom is 0.338 e. The number of amides is 1. The normalized spacial score (nSPS) is 10.8. The number of carbonyl (C=O) groups excluding carboxylic acids is 2. The first-order valence-corrected chi connectivity index (χ1v) is 12.0. The number of aromatic nitrogens is 3. The largest absolute Gasteiger partial charge is 0.462 e. The number of nitrogens with two attached hydrogens (primary N) is 1. The number of nitrogens with one attached hydrogen (secondary N) is 2. The number of hydrogen-bond donors (Lipinski definition) is 3. The standard InChI is InChI=1S/C24H26Cl2N6O4/c1-3-5-28-10-14-7-16(12-29-11-14)31-22(33)19-21(27)30-13-32(23(19)34)20-17(25)8-15(9-18(20)26)24(35)36-6-4-2/h7-9,11-13,28H,3-6,10,27H2,1-2H3,(H,31,33). The molecule has 12 heteroatoms. The van der Waals surface area contributed by atoms with Crippen LogP contribution in [0.15, 0.2) is 41.7 Å². The third-order valence-corrected chi connectivity index (χ3v) is 5.54. The summed E-state index contributed by atoms with van der Waals surface area (Å²) in [6, 6.07) is 4.39. The number of hydrogen-bond acceptors (Lipinski definition) is 8. The highest BCUT2D eigenvalue weighted by Crippen LogP contribution is 2.30. The highest BCUT2D eigenvalue weighted by molar-refractivity contribution is 6.38. The van der Waals surface area contributed by atoms with Crippen LogP contribution in [0, 0.1) is 0 Å². The molecule has 0 aliphatic rings. The van der Waals surface area contributed by atoms with E-state index in [4.69, 9.17) is 33.7 Å². The predicted octanol–water partition coefficient (Wildman–Crippen LogP) is 3.84. The van der Waals surface area contributed by atoms with Crippen LogP contribution in [0.4, 0.5) is 11.5 Å². The molecule has 0 saturated carbocycles. The van der Waals surface area contributed by atoms with Gasteiger partial charge in [0.25, 0.3) is 11.5 Å². The topological polar surface area (TPSA) is 141 Å². The van der Waals surface area contributed by atoms with Gasteiger partial charge in [-0.3, -0.25) is 19.1 Å². The number of rotatable bonds is 10. The number of anilines is 2. The molecular formula is C24H26Cl2N6O4. The van der Waals surface area contributed by atoms with Gasteiger partial charge in [0.05, 0.1) is 39.8 Å². The maximum absolute atomic E-state index is 13.3. The molecule has 4 N–H and O–H groups in total. The molecule has 0 unspecified atom stereocenters. The van der Waals surface area contributed by atoms with E-state index in [1.165, 1.54) is 18.3 Å². The first-order valence-electron chi connectivity index (χ1n) is 11.3. The summed E-state index contributed by atoms with van der Waals surface area (Å²) in [5.41, 5.74) is 6.10. The average Bonchev–Trinajstić information content (AvgIpc) is 2.83. The van der Waals surface area contributed by atoms with Crippen molar-refractivity contribution in [2.45, 2.75) is 33.2 Å². The fourth-order valence-corrected chi connectivity index (χ4v) is 3.96. The minimum Gasteiger partial charge on any atom is -0.462 e. The first-order chi connectivity index (χ1) is 17.3. The zero-order valence-electron chi connectivity index (χ0n) is 19.8. The zero-order chi connectivity index (χ0) is 26.2. The zero-order valence-corrected chi connectivity index (χ0v) is 21.3. The van der Waals surface area contributed by atoms with Crippen LogP contribution in [0.3, 0.4) is 0 Å². The Kier molecular flexibility index (Phi) is 9.40. The lowest BCUT2D eigenvalue weighted by Crippen LogP contribution is -2.31. The molecule has 0 radical (unpaired) electrons. The molecule has 0 fully saturated rings. The molecule has 0 atom stereocenters. The van der Waals surface area contributed by atoms with Crippen LogP contribution in [0.25, 0.3) is 5.69 Å². The molecule has 2 heterocycles. The minimum absolute atomic E-state index is 0.0116. The molecule has 10 nitrogen and oxygen atoms in total. The lowest BCUT2D eigenvalue weighted by Gasteiger charge is -2.14. The maximum atomic E-state index is 13.3. The van der Waals surface area contributed by atoms with Crippen LogP contribution < -0.4 is 21.9 Å². The van der Waals surface area contributed by atoms with Crippen LogP contribution in [-0.4, -0.2) is 39.6 Å². The molecule has 0 bridgehead atoms. The minimum atomic E-state index is -0.793. The molecular weight excluding hydrogens is 507 g/mol. The van der Waals surface area contributed by atoms with Gasteiger partial charge < -0.3 is 21.1 Å². The highest BCUT2D eigenvalue weighted by atomic mass is 35.5. The monoisotopic (exact) mass is 532 g/mol. The second kappa shape index (κ2) is 12.5. The summed E-state index contributed by atoms with van der Waals surface area (Å²) in [4.78, 5) is 46.6. The highest BCUT2D eigenvalue weighted by Gasteiger charge is 2.22. The third-order valence-electron chi connectivity index (χ3n) is 4.97. The van der Waals surface area contributed by atoms with E-state index in [-0.39, 0.29) is 33.7 Å². The van der Waals surface area contributed by atoms with Crippen LogP contribution in [0.5, 0.6) is 0 Å². The Morgan fingerprint density at radius 2 is 1.83 bits per heavy atom. The van der Waals surface area contributed by atoms with Crippen LogP contribution in [-0.2, 0) is 11.3 Å². The van der Waals surface area contributed by atoms with Crippen LogP contribution in [0.2, 0.25) is 10.0 Å². The Balaban J connectivity index is 1.92. The van der Waals surface area contributed by atoms with Crippen molar-refractivity contribution in [2.75, 3.05) is 24.2 Å². The van der Waals surface area contributed by atoms with E-state index >= 15 is 0 Å². The van der Waals surface area contributed by atoms with Gasteiger partial charge in [-0.15, -0.1) is 0 Å². The van der Waals surface area contributed by atoms with E-state index in [2.05, 4.69) is 27.5 Å². The van der Waals surface area contributed by atoms with Gasteiger partial charge in [-0.05, 0) is 43.1 Å². The quantitative estimate of drug-likeness (QED) is 0.264. The van der Waals surface area contributed by atoms with Crippen molar-refractivity contribution in [3.05, 3.63) is 74.0 Å². The van der Waals surface area contributed by atoms with Gasteiger partial charge >= 0.3 is 5.97 Å². The molecule has 2 aromatic heterocycles. The molecule has 36 heavy (non-hydrogen) atoms. The molecule has 0 aliphatic heterocycles. The van der Waals surface area contributed by atoms with Crippen LogP contribution in [0.1, 0.15) is 53.0 Å². The van der Waals surface area contributed by atoms with E-state index in [0.29, 0.717) is 18.7 Å². The summed E-state index contributed by atoms with van der Waals surface area (Å²) < 4.78 is 6.10. The van der Waals surface area contributed by atoms with Gasteiger partial charge in [-0.2, -0.15) is 0 Å². The predicted molar refractivity (Wildman–Crippen MR) is 139 cm³/mol. The van der Waals surface area contributed by atoms with Crippen molar-refractivity contribution in [1.82, 2.24) is 19.9 Å². The van der Waals surface area contributed by atoms with E-state index in [9.17, 15) is 14.4 Å². The van der Waals surface area contributed by atoms with Gasteiger partial charge in [-0.1, -0.05) is 37.0 Å². The fourth-order valence-electron chi connectivity index (χ4n) is 3.29. The average molecular weight is 533 g/mol. The Hall–Kier alpha value is -3.47. The SMILES string of the molecule is CCCNCc1cncc(NC(=O)c2c(N)ncn(-c3c(Cl)cc(C(=O)OCCC)cc3Cl)c2=O)c1. The summed E-state index contributed by atoms with van der Waals surface area (Å²) in [6.07, 6.45) is 5.87. The van der Waals surface area contributed by atoms with Gasteiger partial charge in [0.15, 0.2) is 0 Å². The van der Waals surface area contributed by atoms with Crippen molar-refractivity contribution in [3.63, 3.8) is 0 Å². The van der Waals surface area contributed by atoms with E-state index in [1.54, 1.807) is 12.3 Å². The number of esters is 1.